The van der Waals surface area contributed by atoms with Crippen molar-refractivity contribution in [1.82, 2.24) is 5.32 Å². The van der Waals surface area contributed by atoms with E-state index in [-0.39, 0.29) is 11.7 Å². The number of thiophene rings is 1. The Hall–Kier alpha value is -3.30. The monoisotopic (exact) mass is 364 g/mol. The molecule has 3 aromatic rings. The average Bonchev–Trinajstić information content (AvgIpc) is 3.34. The molecular weight excluding hydrogens is 348 g/mol. The van der Waals surface area contributed by atoms with E-state index in [1.165, 1.54) is 12.3 Å². The Labute approximate surface area is 155 Å². The van der Waals surface area contributed by atoms with Gasteiger partial charge in [0.05, 0.1) is 11.1 Å². The number of benzene rings is 1. The highest BCUT2D eigenvalue weighted by molar-refractivity contribution is 7.10. The lowest BCUT2D eigenvalue weighted by molar-refractivity contribution is -0.117. The maximum Gasteiger partial charge on any atom is 0.287 e. The van der Waals surface area contributed by atoms with Gasteiger partial charge in [-0.15, -0.1) is 11.3 Å². The van der Waals surface area contributed by atoms with Crippen molar-refractivity contribution in [1.29, 1.82) is 0 Å². The summed E-state index contributed by atoms with van der Waals surface area (Å²) in [5.74, 6) is 5.54. The van der Waals surface area contributed by atoms with E-state index in [0.29, 0.717) is 5.69 Å². The van der Waals surface area contributed by atoms with Crippen molar-refractivity contribution in [2.24, 2.45) is 0 Å². The average molecular weight is 364 g/mol. The van der Waals surface area contributed by atoms with Crippen LogP contribution in [0, 0.1) is 11.8 Å². The largest absolute Gasteiger partial charge is 0.459 e. The van der Waals surface area contributed by atoms with Gasteiger partial charge >= 0.3 is 0 Å². The van der Waals surface area contributed by atoms with Gasteiger partial charge in [-0.25, -0.2) is 0 Å². The van der Waals surface area contributed by atoms with Crippen LogP contribution in [0.4, 0.5) is 5.69 Å². The number of anilines is 1. The van der Waals surface area contributed by atoms with E-state index in [2.05, 4.69) is 22.5 Å². The third-order valence-electron chi connectivity index (χ3n) is 3.47. The van der Waals surface area contributed by atoms with Crippen molar-refractivity contribution < 1.29 is 14.0 Å². The Morgan fingerprint density at radius 3 is 2.73 bits per heavy atom. The maximum absolute atomic E-state index is 12.3. The zero-order chi connectivity index (χ0) is 18.4. The first-order chi connectivity index (χ1) is 12.6. The van der Waals surface area contributed by atoms with E-state index in [9.17, 15) is 9.59 Å². The molecule has 1 unspecified atom stereocenters. The summed E-state index contributed by atoms with van der Waals surface area (Å²) in [7, 11) is 0. The summed E-state index contributed by atoms with van der Waals surface area (Å²) in [5, 5.41) is 7.34. The minimum Gasteiger partial charge on any atom is -0.459 e. The van der Waals surface area contributed by atoms with Gasteiger partial charge in [-0.1, -0.05) is 24.0 Å². The van der Waals surface area contributed by atoms with Crippen LogP contribution in [0.1, 0.15) is 27.9 Å². The molecule has 0 aliphatic carbocycles. The molecule has 2 amide bonds. The van der Waals surface area contributed by atoms with Gasteiger partial charge < -0.3 is 15.1 Å². The second-order valence-electron chi connectivity index (χ2n) is 5.47. The Balaban J connectivity index is 1.62. The van der Waals surface area contributed by atoms with E-state index >= 15 is 0 Å². The second-order valence-corrected chi connectivity index (χ2v) is 6.42. The summed E-state index contributed by atoms with van der Waals surface area (Å²) < 4.78 is 5.01. The van der Waals surface area contributed by atoms with Crippen molar-refractivity contribution in [2.75, 3.05) is 5.32 Å². The molecule has 130 valence electrons. The minimum absolute atomic E-state index is 0.162. The molecule has 0 radical (unpaired) electrons. The van der Waals surface area contributed by atoms with Gasteiger partial charge in [0.25, 0.3) is 5.91 Å². The van der Waals surface area contributed by atoms with Crippen LogP contribution in [-0.2, 0) is 4.79 Å². The highest BCUT2D eigenvalue weighted by atomic mass is 32.1. The van der Waals surface area contributed by atoms with Crippen molar-refractivity contribution in [3.05, 3.63) is 76.4 Å². The van der Waals surface area contributed by atoms with Crippen molar-refractivity contribution in [3.8, 4) is 11.8 Å². The summed E-state index contributed by atoms with van der Waals surface area (Å²) >= 11 is 1.57. The number of hydrogen-bond donors (Lipinski definition) is 2. The molecule has 0 bridgehead atoms. The fourth-order valence-electron chi connectivity index (χ4n) is 2.15. The Kier molecular flexibility index (Phi) is 5.52. The highest BCUT2D eigenvalue weighted by Crippen LogP contribution is 2.12. The summed E-state index contributed by atoms with van der Waals surface area (Å²) in [4.78, 5) is 25.2. The van der Waals surface area contributed by atoms with Gasteiger partial charge in [-0.2, -0.15) is 0 Å². The number of rotatable bonds is 4. The maximum atomic E-state index is 12.3. The molecule has 26 heavy (non-hydrogen) atoms. The smallest absolute Gasteiger partial charge is 0.287 e. The van der Waals surface area contributed by atoms with Gasteiger partial charge in [0.2, 0.25) is 5.91 Å². The molecule has 1 atom stereocenters. The number of furan rings is 1. The summed E-state index contributed by atoms with van der Waals surface area (Å²) in [6.45, 7) is 1.61. The van der Waals surface area contributed by atoms with Crippen molar-refractivity contribution in [3.63, 3.8) is 0 Å². The molecular formula is C20H16N2O3S. The zero-order valence-electron chi connectivity index (χ0n) is 14.0. The zero-order valence-corrected chi connectivity index (χ0v) is 14.8. The molecule has 5 nitrogen and oxygen atoms in total. The van der Waals surface area contributed by atoms with Crippen LogP contribution in [-0.4, -0.2) is 17.9 Å². The van der Waals surface area contributed by atoms with Crippen LogP contribution in [0.3, 0.4) is 0 Å². The topological polar surface area (TPSA) is 71.3 Å². The summed E-state index contributed by atoms with van der Waals surface area (Å²) in [6.07, 6.45) is 1.41. The molecule has 0 fully saturated rings. The lowest BCUT2D eigenvalue weighted by atomic mass is 10.2. The molecule has 0 saturated heterocycles. The first-order valence-electron chi connectivity index (χ1n) is 7.92. The highest BCUT2D eigenvalue weighted by Gasteiger charge is 2.18. The first-order valence-corrected chi connectivity index (χ1v) is 8.80. The normalized spacial score (nSPS) is 11.1. The fraction of sp³-hybridized carbons (Fsp3) is 0.100. The lowest BCUT2D eigenvalue weighted by Crippen LogP contribution is -2.41. The van der Waals surface area contributed by atoms with Crippen LogP contribution >= 0.6 is 11.3 Å². The van der Waals surface area contributed by atoms with Crippen LogP contribution in [0.25, 0.3) is 0 Å². The minimum atomic E-state index is -0.714. The third-order valence-corrected chi connectivity index (χ3v) is 4.25. The van der Waals surface area contributed by atoms with Crippen molar-refractivity contribution >= 4 is 28.8 Å². The van der Waals surface area contributed by atoms with Gasteiger partial charge in [-0.3, -0.25) is 9.59 Å². The molecule has 0 spiro atoms. The Morgan fingerprint density at radius 1 is 1.12 bits per heavy atom. The Morgan fingerprint density at radius 2 is 2.00 bits per heavy atom. The molecule has 1 aromatic carbocycles. The molecule has 2 N–H and O–H groups in total. The molecule has 3 rings (SSSR count). The second kappa shape index (κ2) is 8.19. The molecule has 2 aromatic heterocycles. The standard InChI is InChI=1S/C20H16N2O3S/c1-14(21-20(24)18-8-3-11-25-18)19(23)22-16-6-2-5-15(13-16)9-10-17-7-4-12-26-17/h2-8,11-14H,1H3,(H,21,24)(H,22,23). The van der Waals surface area contributed by atoms with Crippen LogP contribution in [0.5, 0.6) is 0 Å². The first kappa shape index (κ1) is 17.5. The molecule has 6 heteroatoms. The Bertz CT molecular complexity index is 951. The predicted molar refractivity (Wildman–Crippen MR) is 101 cm³/mol. The fourth-order valence-corrected chi connectivity index (χ4v) is 2.72. The van der Waals surface area contributed by atoms with E-state index in [1.54, 1.807) is 36.5 Å². The van der Waals surface area contributed by atoms with Gasteiger partial charge in [0, 0.05) is 11.3 Å². The van der Waals surface area contributed by atoms with E-state index in [1.807, 2.05) is 29.6 Å². The number of hydrogen-bond acceptors (Lipinski definition) is 4. The van der Waals surface area contributed by atoms with E-state index in [4.69, 9.17) is 4.42 Å². The van der Waals surface area contributed by atoms with E-state index < -0.39 is 11.9 Å². The number of amides is 2. The lowest BCUT2D eigenvalue weighted by Gasteiger charge is -2.13. The van der Waals surface area contributed by atoms with Gasteiger partial charge in [0.1, 0.15) is 6.04 Å². The molecule has 0 saturated carbocycles. The summed E-state index contributed by atoms with van der Waals surface area (Å²) in [5.41, 5.74) is 1.41. The summed E-state index contributed by atoms with van der Waals surface area (Å²) in [6, 6.07) is 13.6. The van der Waals surface area contributed by atoms with Gasteiger partial charge in [-0.05, 0) is 48.7 Å². The van der Waals surface area contributed by atoms with Crippen LogP contribution in [0.15, 0.2) is 64.6 Å². The quantitative estimate of drug-likeness (QED) is 0.696. The number of carbonyl (C=O) groups is 2. The van der Waals surface area contributed by atoms with Gasteiger partial charge in [0.15, 0.2) is 5.76 Å². The van der Waals surface area contributed by atoms with Crippen LogP contribution in [0.2, 0.25) is 0 Å². The predicted octanol–water partition coefficient (Wildman–Crippen LogP) is 3.50. The molecule has 2 heterocycles. The number of nitrogens with one attached hydrogen (secondary N) is 2. The van der Waals surface area contributed by atoms with Crippen molar-refractivity contribution in [2.45, 2.75) is 13.0 Å². The third kappa shape index (κ3) is 4.62. The molecule has 0 aliphatic rings. The SMILES string of the molecule is CC(NC(=O)c1ccco1)C(=O)Nc1cccc(C#Cc2cccs2)c1. The van der Waals surface area contributed by atoms with E-state index in [0.717, 1.165) is 10.4 Å². The number of carbonyl (C=O) groups excluding carboxylic acids is 2. The molecule has 0 aliphatic heterocycles. The van der Waals surface area contributed by atoms with Crippen LogP contribution < -0.4 is 10.6 Å².